The number of hydrogen-bond donors (Lipinski definition) is 0. The minimum absolute atomic E-state index is 0.132. The number of amides is 1. The lowest BCUT2D eigenvalue weighted by Crippen LogP contribution is -2.29. The van der Waals surface area contributed by atoms with Crippen molar-refractivity contribution >= 4 is 21.8 Å². The van der Waals surface area contributed by atoms with Crippen molar-refractivity contribution in [3.8, 4) is 0 Å². The molecule has 1 aromatic rings. The van der Waals surface area contributed by atoms with E-state index in [0.717, 1.165) is 6.42 Å². The molecule has 1 aromatic carbocycles. The minimum Gasteiger partial charge on any atom is -0.342 e. The minimum atomic E-state index is -0.466. The lowest BCUT2D eigenvalue weighted by Gasteiger charge is -2.18. The molecule has 0 fully saturated rings. The van der Waals surface area contributed by atoms with Crippen LogP contribution in [0.2, 0.25) is 0 Å². The van der Waals surface area contributed by atoms with Crippen molar-refractivity contribution in [2.75, 3.05) is 13.6 Å². The average Bonchev–Trinajstić information content (AvgIpc) is 2.25. The van der Waals surface area contributed by atoms with E-state index in [9.17, 15) is 9.18 Å². The van der Waals surface area contributed by atoms with E-state index >= 15 is 0 Å². The van der Waals surface area contributed by atoms with Crippen molar-refractivity contribution in [3.05, 3.63) is 35.6 Å². The van der Waals surface area contributed by atoms with Crippen molar-refractivity contribution in [3.63, 3.8) is 0 Å². The Bertz CT molecular complexity index is 368. The van der Waals surface area contributed by atoms with Crippen LogP contribution in [0.1, 0.15) is 23.7 Å². The third-order valence-electron chi connectivity index (χ3n) is 2.31. The third-order valence-corrected chi connectivity index (χ3v) is 2.77. The summed E-state index contributed by atoms with van der Waals surface area (Å²) in [5.74, 6) is -0.738. The zero-order valence-corrected chi connectivity index (χ0v) is 11.0. The van der Waals surface area contributed by atoms with Crippen LogP contribution in [0.3, 0.4) is 0 Å². The number of carbonyl (C=O) groups excluding carboxylic acids is 1. The highest BCUT2D eigenvalue weighted by Crippen LogP contribution is 2.10. The maximum absolute atomic E-state index is 13.3. The second-order valence-electron chi connectivity index (χ2n) is 3.78. The maximum atomic E-state index is 13.3. The quantitative estimate of drug-likeness (QED) is 0.780. The SMILES string of the molecule is CC(Br)CCN(C)C(=O)c1ccccc1F. The summed E-state index contributed by atoms with van der Waals surface area (Å²) in [5, 5.41) is 0. The van der Waals surface area contributed by atoms with Crippen molar-refractivity contribution in [2.45, 2.75) is 18.2 Å². The summed E-state index contributed by atoms with van der Waals surface area (Å²) < 4.78 is 13.3. The Morgan fingerprint density at radius 2 is 2.12 bits per heavy atom. The highest BCUT2D eigenvalue weighted by atomic mass is 79.9. The van der Waals surface area contributed by atoms with Crippen molar-refractivity contribution in [2.24, 2.45) is 0 Å². The van der Waals surface area contributed by atoms with E-state index in [0.29, 0.717) is 11.4 Å². The number of halogens is 2. The average molecular weight is 288 g/mol. The largest absolute Gasteiger partial charge is 0.342 e. The fraction of sp³-hybridized carbons (Fsp3) is 0.417. The molecule has 0 aromatic heterocycles. The highest BCUT2D eigenvalue weighted by molar-refractivity contribution is 9.09. The molecule has 1 rings (SSSR count). The first-order valence-corrected chi connectivity index (χ1v) is 6.08. The third kappa shape index (κ3) is 3.59. The number of benzene rings is 1. The lowest BCUT2D eigenvalue weighted by atomic mass is 10.2. The van der Waals surface area contributed by atoms with E-state index in [-0.39, 0.29) is 11.5 Å². The van der Waals surface area contributed by atoms with Gasteiger partial charge in [0, 0.05) is 18.4 Å². The van der Waals surface area contributed by atoms with Gasteiger partial charge in [-0.2, -0.15) is 0 Å². The maximum Gasteiger partial charge on any atom is 0.256 e. The second-order valence-corrected chi connectivity index (χ2v) is 5.34. The van der Waals surface area contributed by atoms with Gasteiger partial charge in [0.15, 0.2) is 0 Å². The molecular formula is C12H15BrFNO. The van der Waals surface area contributed by atoms with Gasteiger partial charge in [-0.1, -0.05) is 35.0 Å². The predicted octanol–water partition coefficient (Wildman–Crippen LogP) is 3.07. The molecule has 1 atom stereocenters. The zero-order valence-electron chi connectivity index (χ0n) is 9.41. The Kier molecular flexibility index (Phi) is 4.93. The van der Waals surface area contributed by atoms with E-state index in [2.05, 4.69) is 15.9 Å². The first-order chi connectivity index (χ1) is 7.52. The number of carbonyl (C=O) groups is 1. The molecule has 0 spiro atoms. The Morgan fingerprint density at radius 3 is 2.69 bits per heavy atom. The summed E-state index contributed by atoms with van der Waals surface area (Å²) in [5.41, 5.74) is 0.132. The van der Waals surface area contributed by atoms with Gasteiger partial charge < -0.3 is 4.90 Å². The van der Waals surface area contributed by atoms with Crippen LogP contribution < -0.4 is 0 Å². The van der Waals surface area contributed by atoms with Crippen molar-refractivity contribution < 1.29 is 9.18 Å². The molecule has 1 unspecified atom stereocenters. The van der Waals surface area contributed by atoms with Gasteiger partial charge in [-0.15, -0.1) is 0 Å². The van der Waals surface area contributed by atoms with Gasteiger partial charge in [0.2, 0.25) is 0 Å². The van der Waals surface area contributed by atoms with E-state index < -0.39 is 5.82 Å². The summed E-state index contributed by atoms with van der Waals surface area (Å²) in [6.07, 6.45) is 0.844. The summed E-state index contributed by atoms with van der Waals surface area (Å²) in [6.45, 7) is 2.63. The van der Waals surface area contributed by atoms with E-state index in [1.807, 2.05) is 6.92 Å². The Morgan fingerprint density at radius 1 is 1.50 bits per heavy atom. The smallest absolute Gasteiger partial charge is 0.256 e. The van der Waals surface area contributed by atoms with Gasteiger partial charge in [-0.25, -0.2) is 4.39 Å². The molecule has 0 saturated heterocycles. The Balaban J connectivity index is 2.67. The molecule has 0 N–H and O–H groups in total. The first-order valence-electron chi connectivity index (χ1n) is 5.16. The van der Waals surface area contributed by atoms with Crippen LogP contribution >= 0.6 is 15.9 Å². The van der Waals surface area contributed by atoms with E-state index in [4.69, 9.17) is 0 Å². The molecule has 0 aliphatic rings. The molecule has 0 aliphatic carbocycles. The second kappa shape index (κ2) is 5.99. The van der Waals surface area contributed by atoms with Crippen molar-refractivity contribution in [1.82, 2.24) is 4.90 Å². The molecule has 1 amide bonds. The predicted molar refractivity (Wildman–Crippen MR) is 66.4 cm³/mol. The van der Waals surface area contributed by atoms with Gasteiger partial charge in [0.1, 0.15) is 5.82 Å². The van der Waals surface area contributed by atoms with Gasteiger partial charge in [-0.3, -0.25) is 4.79 Å². The Hall–Kier alpha value is -0.900. The van der Waals surface area contributed by atoms with E-state index in [1.165, 1.54) is 17.0 Å². The molecule has 0 bridgehead atoms. The summed E-state index contributed by atoms with van der Waals surface area (Å²) >= 11 is 3.41. The van der Waals surface area contributed by atoms with E-state index in [1.54, 1.807) is 19.2 Å². The van der Waals surface area contributed by atoms with Crippen LogP contribution in [0.15, 0.2) is 24.3 Å². The Labute approximate surface area is 104 Å². The fourth-order valence-electron chi connectivity index (χ4n) is 1.31. The monoisotopic (exact) mass is 287 g/mol. The molecule has 2 nitrogen and oxygen atoms in total. The van der Waals surface area contributed by atoms with Gasteiger partial charge in [-0.05, 0) is 18.6 Å². The molecule has 88 valence electrons. The summed E-state index contributed by atoms with van der Waals surface area (Å²) in [6, 6.07) is 6.05. The highest BCUT2D eigenvalue weighted by Gasteiger charge is 2.15. The summed E-state index contributed by atoms with van der Waals surface area (Å²) in [4.78, 5) is 13.7. The molecular weight excluding hydrogens is 273 g/mol. The molecule has 16 heavy (non-hydrogen) atoms. The number of hydrogen-bond acceptors (Lipinski definition) is 1. The van der Waals surface area contributed by atoms with Gasteiger partial charge in [0.05, 0.1) is 5.56 Å². The zero-order chi connectivity index (χ0) is 12.1. The summed E-state index contributed by atoms with van der Waals surface area (Å²) in [7, 11) is 1.68. The molecule has 0 aliphatic heterocycles. The van der Waals surface area contributed by atoms with Crippen LogP contribution in [0.5, 0.6) is 0 Å². The molecule has 0 heterocycles. The first kappa shape index (κ1) is 13.2. The fourth-order valence-corrected chi connectivity index (χ4v) is 1.52. The van der Waals surface area contributed by atoms with Gasteiger partial charge in [0.25, 0.3) is 5.91 Å². The van der Waals surface area contributed by atoms with Crippen molar-refractivity contribution in [1.29, 1.82) is 0 Å². The van der Waals surface area contributed by atoms with Crippen LogP contribution in [0.25, 0.3) is 0 Å². The topological polar surface area (TPSA) is 20.3 Å². The standard InChI is InChI=1S/C12H15BrFNO/c1-9(13)7-8-15(2)12(16)10-5-3-4-6-11(10)14/h3-6,9H,7-8H2,1-2H3. The van der Waals surface area contributed by atoms with Crippen LogP contribution in [-0.4, -0.2) is 29.2 Å². The number of nitrogens with zero attached hydrogens (tertiary/aromatic N) is 1. The normalized spacial score (nSPS) is 12.2. The van der Waals surface area contributed by atoms with Crippen LogP contribution in [-0.2, 0) is 0 Å². The molecule has 0 radical (unpaired) electrons. The molecule has 0 saturated carbocycles. The number of rotatable bonds is 4. The number of alkyl halides is 1. The van der Waals surface area contributed by atoms with Crippen LogP contribution in [0.4, 0.5) is 4.39 Å². The van der Waals surface area contributed by atoms with Crippen LogP contribution in [0, 0.1) is 5.82 Å². The van der Waals surface area contributed by atoms with Gasteiger partial charge >= 0.3 is 0 Å². The molecule has 4 heteroatoms. The lowest BCUT2D eigenvalue weighted by molar-refractivity contribution is 0.0789.